The van der Waals surface area contributed by atoms with Crippen LogP contribution in [0.5, 0.6) is 0 Å². The topological polar surface area (TPSA) is 64.3 Å². The highest BCUT2D eigenvalue weighted by Gasteiger charge is 2.17. The van der Waals surface area contributed by atoms with Gasteiger partial charge in [0, 0.05) is 19.3 Å². The van der Waals surface area contributed by atoms with Gasteiger partial charge in [-0.1, -0.05) is 12.1 Å². The molecule has 0 fully saturated rings. The maximum absolute atomic E-state index is 11.7. The number of carbonyl (C=O) groups excluding carboxylic acids is 1. The average molecular weight is 236 g/mol. The number of nitrogen functional groups attached to an aromatic ring is 1. The second-order valence-electron chi connectivity index (χ2n) is 4.66. The predicted octanol–water partition coefficient (Wildman–Crippen LogP) is 1.35. The third kappa shape index (κ3) is 4.87. The lowest BCUT2D eigenvalue weighted by Gasteiger charge is -2.23. The number of benzene rings is 1. The van der Waals surface area contributed by atoms with Crippen molar-refractivity contribution in [2.75, 3.05) is 19.4 Å². The molecule has 17 heavy (non-hydrogen) atoms. The maximum Gasteiger partial charge on any atom is 0.224 e. The molecule has 4 heteroatoms. The fourth-order valence-corrected chi connectivity index (χ4v) is 1.27. The van der Waals surface area contributed by atoms with Gasteiger partial charge in [0.15, 0.2) is 0 Å². The molecule has 4 nitrogen and oxygen atoms in total. The van der Waals surface area contributed by atoms with Crippen LogP contribution in [0.15, 0.2) is 24.3 Å². The van der Waals surface area contributed by atoms with Gasteiger partial charge in [0.25, 0.3) is 0 Å². The van der Waals surface area contributed by atoms with Crippen molar-refractivity contribution >= 4 is 11.6 Å². The summed E-state index contributed by atoms with van der Waals surface area (Å²) in [4.78, 5) is 11.7. The molecule has 1 aromatic rings. The van der Waals surface area contributed by atoms with Crippen LogP contribution in [-0.4, -0.2) is 25.2 Å². The Hall–Kier alpha value is -1.55. The van der Waals surface area contributed by atoms with Crippen LogP contribution in [0.4, 0.5) is 5.69 Å². The molecular formula is C13H20N2O2. The van der Waals surface area contributed by atoms with Gasteiger partial charge in [-0.2, -0.15) is 0 Å². The summed E-state index contributed by atoms with van der Waals surface area (Å²) in [5, 5.41) is 2.84. The Balaban J connectivity index is 2.42. The molecule has 1 rings (SSSR count). The smallest absolute Gasteiger partial charge is 0.224 e. The van der Waals surface area contributed by atoms with Crippen molar-refractivity contribution in [3.05, 3.63) is 29.8 Å². The third-order valence-electron chi connectivity index (χ3n) is 2.61. The number of ether oxygens (including phenoxy) is 1. The molecule has 0 aliphatic heterocycles. The Morgan fingerprint density at radius 1 is 1.35 bits per heavy atom. The van der Waals surface area contributed by atoms with Crippen molar-refractivity contribution in [2.45, 2.75) is 25.9 Å². The van der Waals surface area contributed by atoms with Crippen LogP contribution in [-0.2, 0) is 16.0 Å². The highest BCUT2D eigenvalue weighted by molar-refractivity contribution is 5.78. The largest absolute Gasteiger partial charge is 0.399 e. The second-order valence-corrected chi connectivity index (χ2v) is 4.66. The summed E-state index contributed by atoms with van der Waals surface area (Å²) >= 11 is 0. The number of hydrogen-bond acceptors (Lipinski definition) is 3. The molecule has 3 N–H and O–H groups in total. The van der Waals surface area contributed by atoms with Crippen molar-refractivity contribution in [2.24, 2.45) is 0 Å². The monoisotopic (exact) mass is 236 g/mol. The van der Waals surface area contributed by atoms with Gasteiger partial charge in [-0.05, 0) is 31.5 Å². The molecule has 0 bridgehead atoms. The Bertz CT molecular complexity index is 372. The first-order chi connectivity index (χ1) is 7.93. The molecule has 0 aromatic heterocycles. The van der Waals surface area contributed by atoms with Gasteiger partial charge >= 0.3 is 0 Å². The summed E-state index contributed by atoms with van der Waals surface area (Å²) in [5.41, 5.74) is 6.89. The van der Waals surface area contributed by atoms with Gasteiger partial charge in [-0.25, -0.2) is 0 Å². The summed E-state index contributed by atoms with van der Waals surface area (Å²) in [5.74, 6) is -0.0140. The molecule has 0 atom stereocenters. The molecule has 0 spiro atoms. The molecule has 0 saturated carbocycles. The molecule has 0 aliphatic rings. The van der Waals surface area contributed by atoms with Crippen LogP contribution < -0.4 is 11.1 Å². The van der Waals surface area contributed by atoms with Gasteiger partial charge in [-0.15, -0.1) is 0 Å². The Labute approximate surface area is 102 Å². The highest BCUT2D eigenvalue weighted by Crippen LogP contribution is 2.07. The molecule has 1 aromatic carbocycles. The van der Waals surface area contributed by atoms with Crippen molar-refractivity contribution in [3.63, 3.8) is 0 Å². The number of nitrogens with two attached hydrogens (primary N) is 1. The lowest BCUT2D eigenvalue weighted by molar-refractivity contribution is -0.121. The number of amides is 1. The predicted molar refractivity (Wildman–Crippen MR) is 68.7 cm³/mol. The van der Waals surface area contributed by atoms with Crippen LogP contribution in [0, 0.1) is 0 Å². The van der Waals surface area contributed by atoms with Crippen LogP contribution in [0.1, 0.15) is 19.4 Å². The third-order valence-corrected chi connectivity index (χ3v) is 2.61. The van der Waals surface area contributed by atoms with E-state index in [-0.39, 0.29) is 11.5 Å². The maximum atomic E-state index is 11.7. The second kappa shape index (κ2) is 5.68. The number of anilines is 1. The van der Waals surface area contributed by atoms with E-state index in [9.17, 15) is 4.79 Å². The Morgan fingerprint density at radius 3 is 2.47 bits per heavy atom. The van der Waals surface area contributed by atoms with Crippen molar-refractivity contribution in [3.8, 4) is 0 Å². The van der Waals surface area contributed by atoms with Gasteiger partial charge in [0.05, 0.1) is 12.0 Å². The number of rotatable bonds is 5. The lowest BCUT2D eigenvalue weighted by atomic mass is 10.1. The minimum atomic E-state index is -0.337. The van der Waals surface area contributed by atoms with E-state index in [2.05, 4.69) is 5.32 Å². The fraction of sp³-hybridized carbons (Fsp3) is 0.462. The number of carbonyl (C=O) groups is 1. The van der Waals surface area contributed by atoms with E-state index in [0.29, 0.717) is 18.7 Å². The van der Waals surface area contributed by atoms with Crippen molar-refractivity contribution < 1.29 is 9.53 Å². The summed E-state index contributed by atoms with van der Waals surface area (Å²) in [6, 6.07) is 7.30. The van der Waals surface area contributed by atoms with E-state index in [1.807, 2.05) is 26.0 Å². The Kier molecular flexibility index (Phi) is 4.52. The number of methoxy groups -OCH3 is 1. The summed E-state index contributed by atoms with van der Waals surface area (Å²) in [7, 11) is 1.63. The molecular weight excluding hydrogens is 216 g/mol. The van der Waals surface area contributed by atoms with E-state index in [1.165, 1.54) is 0 Å². The van der Waals surface area contributed by atoms with Crippen LogP contribution in [0.2, 0.25) is 0 Å². The summed E-state index contributed by atoms with van der Waals surface area (Å²) in [6.07, 6.45) is 0.361. The minimum absolute atomic E-state index is 0.0140. The van der Waals surface area contributed by atoms with Crippen LogP contribution in [0.25, 0.3) is 0 Å². The number of nitrogens with one attached hydrogen (secondary N) is 1. The quantitative estimate of drug-likeness (QED) is 0.758. The summed E-state index contributed by atoms with van der Waals surface area (Å²) < 4.78 is 5.22. The first-order valence-electron chi connectivity index (χ1n) is 5.59. The SMILES string of the molecule is COC(C)(C)CNC(=O)Cc1ccc(N)cc1. The van der Waals surface area contributed by atoms with Crippen molar-refractivity contribution in [1.29, 1.82) is 0 Å². The van der Waals surface area contributed by atoms with Crippen LogP contribution in [0.3, 0.4) is 0 Å². The molecule has 0 unspecified atom stereocenters. The van der Waals surface area contributed by atoms with Gasteiger partial charge in [-0.3, -0.25) is 4.79 Å². The molecule has 0 heterocycles. The van der Waals surface area contributed by atoms with Gasteiger partial charge < -0.3 is 15.8 Å². The fourth-order valence-electron chi connectivity index (χ4n) is 1.27. The average Bonchev–Trinajstić information content (AvgIpc) is 2.30. The molecule has 1 amide bonds. The zero-order valence-electron chi connectivity index (χ0n) is 10.6. The van der Waals surface area contributed by atoms with E-state index >= 15 is 0 Å². The minimum Gasteiger partial charge on any atom is -0.399 e. The van der Waals surface area contributed by atoms with Gasteiger partial charge in [0.2, 0.25) is 5.91 Å². The summed E-state index contributed by atoms with van der Waals surface area (Å²) in [6.45, 7) is 4.35. The zero-order chi connectivity index (χ0) is 12.9. The first-order valence-corrected chi connectivity index (χ1v) is 5.59. The molecule has 0 saturated heterocycles. The van der Waals surface area contributed by atoms with E-state index in [0.717, 1.165) is 5.56 Å². The number of hydrogen-bond donors (Lipinski definition) is 2. The molecule has 0 aliphatic carbocycles. The van der Waals surface area contributed by atoms with Gasteiger partial charge in [0.1, 0.15) is 0 Å². The molecule has 94 valence electrons. The van der Waals surface area contributed by atoms with Crippen molar-refractivity contribution in [1.82, 2.24) is 5.32 Å². The lowest BCUT2D eigenvalue weighted by Crippen LogP contribution is -2.40. The first kappa shape index (κ1) is 13.5. The normalized spacial score (nSPS) is 11.2. The van der Waals surface area contributed by atoms with E-state index < -0.39 is 0 Å². The molecule has 0 radical (unpaired) electrons. The zero-order valence-corrected chi connectivity index (χ0v) is 10.6. The van der Waals surface area contributed by atoms with E-state index in [4.69, 9.17) is 10.5 Å². The standard InChI is InChI=1S/C13H20N2O2/c1-13(2,17-3)9-15-12(16)8-10-4-6-11(14)7-5-10/h4-7H,8-9,14H2,1-3H3,(H,15,16). The van der Waals surface area contributed by atoms with E-state index in [1.54, 1.807) is 19.2 Å². The highest BCUT2D eigenvalue weighted by atomic mass is 16.5. The Morgan fingerprint density at radius 2 is 1.94 bits per heavy atom. The van der Waals surface area contributed by atoms with Crippen LogP contribution >= 0.6 is 0 Å².